The van der Waals surface area contributed by atoms with E-state index in [4.69, 9.17) is 11.6 Å². The Hall–Kier alpha value is -2.99. The Kier molecular flexibility index (Phi) is 5.14. The fourth-order valence-corrected chi connectivity index (χ4v) is 2.55. The van der Waals surface area contributed by atoms with Crippen molar-refractivity contribution in [3.8, 4) is 0 Å². The first kappa shape index (κ1) is 17.8. The number of hydrogen-bond acceptors (Lipinski definition) is 4. The minimum absolute atomic E-state index is 0.0677. The Morgan fingerprint density at radius 2 is 1.88 bits per heavy atom. The van der Waals surface area contributed by atoms with Crippen molar-refractivity contribution in [2.75, 3.05) is 10.6 Å². The molecule has 0 aliphatic heterocycles. The summed E-state index contributed by atoms with van der Waals surface area (Å²) in [5.41, 5.74) is 3.69. The number of hydrogen-bond donors (Lipinski definition) is 2. The first-order valence-corrected chi connectivity index (χ1v) is 8.23. The summed E-state index contributed by atoms with van der Waals surface area (Å²) in [4.78, 5) is 20.5. The van der Waals surface area contributed by atoms with E-state index in [2.05, 4.69) is 26.7 Å². The Morgan fingerprint density at radius 3 is 2.54 bits per heavy atom. The van der Waals surface area contributed by atoms with Gasteiger partial charge in [-0.15, -0.1) is 0 Å². The summed E-state index contributed by atoms with van der Waals surface area (Å²) >= 11 is 5.70. The summed E-state index contributed by atoms with van der Waals surface area (Å²) in [5.74, 6) is -0.483. The number of aryl methyl sites for hydroxylation is 2. The molecule has 0 fully saturated rings. The van der Waals surface area contributed by atoms with Gasteiger partial charge in [0.2, 0.25) is 0 Å². The second-order valence-electron chi connectivity index (χ2n) is 5.81. The van der Waals surface area contributed by atoms with Gasteiger partial charge in [-0.3, -0.25) is 4.79 Å². The minimum Gasteiger partial charge on any atom is -0.339 e. The highest BCUT2D eigenvalue weighted by atomic mass is 35.5. The van der Waals surface area contributed by atoms with Crippen molar-refractivity contribution in [2.24, 2.45) is 0 Å². The lowest BCUT2D eigenvalue weighted by molar-refractivity contribution is 0.102. The predicted octanol–water partition coefficient (Wildman–Crippen LogP) is 4.88. The van der Waals surface area contributed by atoms with Gasteiger partial charge < -0.3 is 10.6 Å². The number of amides is 1. The van der Waals surface area contributed by atoms with Crippen LogP contribution in [-0.4, -0.2) is 15.9 Å². The van der Waals surface area contributed by atoms with Gasteiger partial charge in [-0.25, -0.2) is 14.4 Å². The van der Waals surface area contributed by atoms with Crippen molar-refractivity contribution in [3.05, 3.63) is 76.5 Å². The number of carbonyl (C=O) groups excluding carboxylic acids is 1. The molecule has 7 heteroatoms. The third-order valence-corrected chi connectivity index (χ3v) is 4.00. The summed E-state index contributed by atoms with van der Waals surface area (Å²) in [7, 11) is 0. The fraction of sp³-hybridized carbons (Fsp3) is 0.105. The number of benzene rings is 2. The number of carbonyl (C=O) groups is 1. The van der Waals surface area contributed by atoms with Gasteiger partial charge in [-0.2, -0.15) is 0 Å². The van der Waals surface area contributed by atoms with Crippen LogP contribution < -0.4 is 10.6 Å². The van der Waals surface area contributed by atoms with E-state index in [-0.39, 0.29) is 10.7 Å². The first-order valence-electron chi connectivity index (χ1n) is 7.85. The maximum atomic E-state index is 13.2. The van der Waals surface area contributed by atoms with Crippen LogP contribution in [0.4, 0.5) is 21.6 Å². The molecule has 0 atom stereocenters. The van der Waals surface area contributed by atoms with Crippen molar-refractivity contribution in [3.63, 3.8) is 0 Å². The molecule has 1 heterocycles. The zero-order chi connectivity index (χ0) is 18.7. The zero-order valence-corrected chi connectivity index (χ0v) is 14.9. The maximum Gasteiger partial charge on any atom is 0.275 e. The molecule has 5 nitrogen and oxygen atoms in total. The van der Waals surface area contributed by atoms with E-state index >= 15 is 0 Å². The first-order chi connectivity index (χ1) is 12.4. The Labute approximate surface area is 155 Å². The molecule has 2 N–H and O–H groups in total. The highest BCUT2D eigenvalue weighted by Crippen LogP contribution is 2.21. The summed E-state index contributed by atoms with van der Waals surface area (Å²) < 4.78 is 13.2. The lowest BCUT2D eigenvalue weighted by Gasteiger charge is -2.10. The minimum atomic E-state index is -0.550. The number of anilines is 3. The van der Waals surface area contributed by atoms with Gasteiger partial charge in [0.25, 0.3) is 5.91 Å². The van der Waals surface area contributed by atoms with E-state index in [9.17, 15) is 9.18 Å². The third kappa shape index (κ3) is 4.15. The third-order valence-electron chi connectivity index (χ3n) is 3.71. The molecule has 132 valence electrons. The molecule has 0 bridgehead atoms. The van der Waals surface area contributed by atoms with Crippen LogP contribution in [0.5, 0.6) is 0 Å². The molecular weight excluding hydrogens is 355 g/mol. The van der Waals surface area contributed by atoms with Crippen LogP contribution >= 0.6 is 11.6 Å². The normalized spacial score (nSPS) is 10.5. The SMILES string of the molecule is Cc1ccc(Nc2cnc(C(=O)Nc3ccc(F)c(Cl)c3)cn2)c(C)c1. The number of nitrogens with zero attached hydrogens (tertiary/aromatic N) is 2. The number of aromatic nitrogens is 2. The van der Waals surface area contributed by atoms with Gasteiger partial charge in [0.05, 0.1) is 17.4 Å². The predicted molar refractivity (Wildman–Crippen MR) is 101 cm³/mol. The van der Waals surface area contributed by atoms with Crippen LogP contribution in [-0.2, 0) is 0 Å². The average Bonchev–Trinajstić information content (AvgIpc) is 2.61. The molecule has 1 aromatic heterocycles. The molecule has 0 radical (unpaired) electrons. The topological polar surface area (TPSA) is 66.9 Å². The van der Waals surface area contributed by atoms with E-state index in [0.29, 0.717) is 11.5 Å². The van der Waals surface area contributed by atoms with Gasteiger partial charge in [-0.1, -0.05) is 29.3 Å². The van der Waals surface area contributed by atoms with E-state index in [1.54, 1.807) is 0 Å². The van der Waals surface area contributed by atoms with Gasteiger partial charge >= 0.3 is 0 Å². The number of halogens is 2. The van der Waals surface area contributed by atoms with Crippen LogP contribution in [0, 0.1) is 19.7 Å². The van der Waals surface area contributed by atoms with Crippen LogP contribution in [0.2, 0.25) is 5.02 Å². The summed E-state index contributed by atoms with van der Waals surface area (Å²) in [6, 6.07) is 9.95. The van der Waals surface area contributed by atoms with Crippen molar-refractivity contribution in [1.82, 2.24) is 9.97 Å². The zero-order valence-electron chi connectivity index (χ0n) is 14.2. The number of rotatable bonds is 4. The lowest BCUT2D eigenvalue weighted by Crippen LogP contribution is -2.14. The molecular formula is C19H16ClFN4O. The maximum absolute atomic E-state index is 13.2. The summed E-state index contributed by atoms with van der Waals surface area (Å²) in [5, 5.41) is 5.69. The highest BCUT2D eigenvalue weighted by Gasteiger charge is 2.10. The summed E-state index contributed by atoms with van der Waals surface area (Å²) in [6.07, 6.45) is 2.85. The van der Waals surface area contributed by atoms with Crippen molar-refractivity contribution < 1.29 is 9.18 Å². The molecule has 1 amide bonds. The van der Waals surface area contributed by atoms with Gasteiger partial charge in [-0.05, 0) is 43.7 Å². The largest absolute Gasteiger partial charge is 0.339 e. The molecule has 0 aliphatic rings. The fourth-order valence-electron chi connectivity index (χ4n) is 2.37. The van der Waals surface area contributed by atoms with Crippen LogP contribution in [0.3, 0.4) is 0 Å². The monoisotopic (exact) mass is 370 g/mol. The molecule has 26 heavy (non-hydrogen) atoms. The van der Waals surface area contributed by atoms with Crippen LogP contribution in [0.1, 0.15) is 21.6 Å². The lowest BCUT2D eigenvalue weighted by atomic mass is 10.1. The van der Waals surface area contributed by atoms with Crippen LogP contribution in [0.15, 0.2) is 48.8 Å². The molecule has 3 rings (SSSR count). The van der Waals surface area contributed by atoms with Gasteiger partial charge in [0, 0.05) is 11.4 Å². The van der Waals surface area contributed by atoms with E-state index < -0.39 is 11.7 Å². The Bertz CT molecular complexity index is 960. The average molecular weight is 371 g/mol. The van der Waals surface area contributed by atoms with Gasteiger partial charge in [0.15, 0.2) is 0 Å². The second-order valence-corrected chi connectivity index (χ2v) is 6.22. The molecule has 0 spiro atoms. The highest BCUT2D eigenvalue weighted by molar-refractivity contribution is 6.31. The van der Waals surface area contributed by atoms with Crippen molar-refractivity contribution in [2.45, 2.75) is 13.8 Å². The molecule has 0 aliphatic carbocycles. The molecule has 0 saturated carbocycles. The Balaban J connectivity index is 1.70. The molecule has 3 aromatic rings. The standard InChI is InChI=1S/C19H16ClFN4O/c1-11-3-6-16(12(2)7-11)25-18-10-22-17(9-23-18)19(26)24-13-4-5-15(21)14(20)8-13/h3-10H,1-2H3,(H,23,25)(H,24,26). The van der Waals surface area contributed by atoms with E-state index in [1.807, 2.05) is 26.0 Å². The quantitative estimate of drug-likeness (QED) is 0.686. The smallest absolute Gasteiger partial charge is 0.275 e. The van der Waals surface area contributed by atoms with E-state index in [1.165, 1.54) is 36.2 Å². The molecule has 0 saturated heterocycles. The summed E-state index contributed by atoms with van der Waals surface area (Å²) in [6.45, 7) is 4.02. The Morgan fingerprint density at radius 1 is 1.08 bits per heavy atom. The molecule has 0 unspecified atom stereocenters. The van der Waals surface area contributed by atoms with Gasteiger partial charge in [0.1, 0.15) is 17.3 Å². The second kappa shape index (κ2) is 7.49. The van der Waals surface area contributed by atoms with Crippen LogP contribution in [0.25, 0.3) is 0 Å². The molecule has 2 aromatic carbocycles. The number of nitrogens with one attached hydrogen (secondary N) is 2. The van der Waals surface area contributed by atoms with Crippen molar-refractivity contribution in [1.29, 1.82) is 0 Å². The van der Waals surface area contributed by atoms with E-state index in [0.717, 1.165) is 11.3 Å². The van der Waals surface area contributed by atoms with Crippen molar-refractivity contribution >= 4 is 34.7 Å².